The second-order valence-electron chi connectivity index (χ2n) is 6.07. The summed E-state index contributed by atoms with van der Waals surface area (Å²) in [6.07, 6.45) is 1.78. The van der Waals surface area contributed by atoms with Gasteiger partial charge in [0.15, 0.2) is 0 Å². The first-order valence-corrected chi connectivity index (χ1v) is 8.20. The summed E-state index contributed by atoms with van der Waals surface area (Å²) < 4.78 is 0. The zero-order valence-electron chi connectivity index (χ0n) is 14.8. The maximum atomic E-state index is 12.0. The molecule has 5 nitrogen and oxygen atoms in total. The highest BCUT2D eigenvalue weighted by Crippen LogP contribution is 2.16. The van der Waals surface area contributed by atoms with Gasteiger partial charge in [-0.1, -0.05) is 47.5 Å². The van der Waals surface area contributed by atoms with Crippen molar-refractivity contribution in [3.8, 4) is 0 Å². The Morgan fingerprint density at radius 1 is 0.960 bits per heavy atom. The molecule has 2 N–H and O–H groups in total. The summed E-state index contributed by atoms with van der Waals surface area (Å²) in [4.78, 5) is 23.7. The number of anilines is 1. The van der Waals surface area contributed by atoms with Crippen molar-refractivity contribution in [1.82, 2.24) is 5.43 Å². The summed E-state index contributed by atoms with van der Waals surface area (Å²) in [6.45, 7) is 5.93. The average molecular weight is 337 g/mol. The fourth-order valence-corrected chi connectivity index (χ4v) is 2.38. The summed E-state index contributed by atoms with van der Waals surface area (Å²) in [7, 11) is 0. The Morgan fingerprint density at radius 2 is 1.68 bits per heavy atom. The number of amides is 2. The van der Waals surface area contributed by atoms with Crippen molar-refractivity contribution in [1.29, 1.82) is 0 Å². The normalized spacial score (nSPS) is 10.7. The van der Waals surface area contributed by atoms with Crippen LogP contribution in [0.4, 0.5) is 5.69 Å². The molecule has 25 heavy (non-hydrogen) atoms. The molecule has 0 unspecified atom stereocenters. The van der Waals surface area contributed by atoms with Crippen LogP contribution in [0.25, 0.3) is 0 Å². The van der Waals surface area contributed by atoms with E-state index in [0.717, 1.165) is 27.9 Å². The van der Waals surface area contributed by atoms with Gasteiger partial charge in [0.25, 0.3) is 0 Å². The van der Waals surface area contributed by atoms with Crippen LogP contribution in [0.5, 0.6) is 0 Å². The summed E-state index contributed by atoms with van der Waals surface area (Å²) in [5, 5.41) is 6.74. The third-order valence-corrected chi connectivity index (χ3v) is 3.68. The smallest absolute Gasteiger partial charge is 0.240 e. The molecule has 2 amide bonds. The summed E-state index contributed by atoms with van der Waals surface area (Å²) in [5.41, 5.74) is 7.39. The van der Waals surface area contributed by atoms with E-state index in [1.165, 1.54) is 0 Å². The highest BCUT2D eigenvalue weighted by atomic mass is 16.2. The molecule has 0 saturated carbocycles. The van der Waals surface area contributed by atoms with Crippen molar-refractivity contribution in [3.63, 3.8) is 0 Å². The van der Waals surface area contributed by atoms with E-state index < -0.39 is 0 Å². The number of hydrogen-bond acceptors (Lipinski definition) is 3. The summed E-state index contributed by atoms with van der Waals surface area (Å²) in [5.74, 6) is -0.482. The molecular formula is C20H23N3O2. The van der Waals surface area contributed by atoms with Gasteiger partial charge in [0.05, 0.1) is 6.21 Å². The zero-order valence-corrected chi connectivity index (χ0v) is 14.8. The number of hydrazone groups is 1. The monoisotopic (exact) mass is 337 g/mol. The first-order valence-electron chi connectivity index (χ1n) is 8.20. The van der Waals surface area contributed by atoms with Crippen molar-refractivity contribution in [2.75, 3.05) is 5.32 Å². The number of nitrogens with one attached hydrogen (secondary N) is 2. The van der Waals surface area contributed by atoms with Crippen LogP contribution in [0.3, 0.4) is 0 Å². The van der Waals surface area contributed by atoms with E-state index in [2.05, 4.69) is 15.8 Å². The molecule has 0 fully saturated rings. The Morgan fingerprint density at radius 3 is 2.40 bits per heavy atom. The van der Waals surface area contributed by atoms with Crippen molar-refractivity contribution in [2.45, 2.75) is 33.6 Å². The number of benzene rings is 2. The van der Waals surface area contributed by atoms with Crippen molar-refractivity contribution in [3.05, 3.63) is 64.7 Å². The molecule has 2 aromatic carbocycles. The lowest BCUT2D eigenvalue weighted by molar-refractivity contribution is -0.124. The number of carbonyl (C=O) groups is 2. The SMILES string of the molecule is Cc1cccc(C=NNC(=O)CCC(=O)Nc2ccc(C)cc2C)c1. The fourth-order valence-electron chi connectivity index (χ4n) is 2.38. The summed E-state index contributed by atoms with van der Waals surface area (Å²) >= 11 is 0. The summed E-state index contributed by atoms with van der Waals surface area (Å²) in [6, 6.07) is 13.6. The van der Waals surface area contributed by atoms with E-state index in [0.29, 0.717) is 0 Å². The second kappa shape index (κ2) is 8.78. The van der Waals surface area contributed by atoms with Crippen molar-refractivity contribution in [2.24, 2.45) is 5.10 Å². The van der Waals surface area contributed by atoms with Crippen molar-refractivity contribution >= 4 is 23.7 Å². The molecule has 0 aromatic heterocycles. The molecule has 0 saturated heterocycles. The van der Waals surface area contributed by atoms with Crippen LogP contribution in [-0.2, 0) is 9.59 Å². The number of hydrogen-bond donors (Lipinski definition) is 2. The first kappa shape index (κ1) is 18.4. The van der Waals surface area contributed by atoms with E-state index in [1.807, 2.05) is 63.2 Å². The predicted molar refractivity (Wildman–Crippen MR) is 101 cm³/mol. The average Bonchev–Trinajstić information content (AvgIpc) is 2.56. The molecule has 0 aliphatic rings. The number of nitrogens with zero attached hydrogens (tertiary/aromatic N) is 1. The van der Waals surface area contributed by atoms with E-state index in [9.17, 15) is 9.59 Å². The molecule has 130 valence electrons. The topological polar surface area (TPSA) is 70.6 Å². The quantitative estimate of drug-likeness (QED) is 0.626. The maximum Gasteiger partial charge on any atom is 0.240 e. The largest absolute Gasteiger partial charge is 0.326 e. The maximum absolute atomic E-state index is 12.0. The minimum Gasteiger partial charge on any atom is -0.326 e. The highest BCUT2D eigenvalue weighted by Gasteiger charge is 2.08. The predicted octanol–water partition coefficient (Wildman–Crippen LogP) is 3.48. The molecule has 0 heterocycles. The van der Waals surface area contributed by atoms with E-state index in [1.54, 1.807) is 6.21 Å². The fraction of sp³-hybridized carbons (Fsp3) is 0.250. The van der Waals surface area contributed by atoms with Crippen LogP contribution in [0.1, 0.15) is 35.1 Å². The van der Waals surface area contributed by atoms with E-state index >= 15 is 0 Å². The van der Waals surface area contributed by atoms with Gasteiger partial charge >= 0.3 is 0 Å². The molecule has 0 aliphatic heterocycles. The van der Waals surface area contributed by atoms with Crippen LogP contribution in [0.15, 0.2) is 47.6 Å². The Kier molecular flexibility index (Phi) is 6.46. The van der Waals surface area contributed by atoms with Gasteiger partial charge in [-0.05, 0) is 38.0 Å². The van der Waals surface area contributed by atoms with Gasteiger partial charge in [-0.2, -0.15) is 5.10 Å². The van der Waals surface area contributed by atoms with Crippen molar-refractivity contribution < 1.29 is 9.59 Å². The molecule has 2 rings (SSSR count). The van der Waals surface area contributed by atoms with Gasteiger partial charge < -0.3 is 5.32 Å². The van der Waals surface area contributed by atoms with Gasteiger partial charge in [-0.3, -0.25) is 9.59 Å². The van der Waals surface area contributed by atoms with Gasteiger partial charge in [-0.25, -0.2) is 5.43 Å². The molecule has 0 atom stereocenters. The third-order valence-electron chi connectivity index (χ3n) is 3.68. The van der Waals surface area contributed by atoms with Gasteiger partial charge in [0, 0.05) is 18.5 Å². The molecule has 2 aromatic rings. The number of rotatable bonds is 6. The Balaban J connectivity index is 1.76. The molecule has 5 heteroatoms. The number of carbonyl (C=O) groups excluding carboxylic acids is 2. The molecule has 0 spiro atoms. The van der Waals surface area contributed by atoms with Crippen LogP contribution in [0, 0.1) is 20.8 Å². The minimum atomic E-state index is -0.292. The first-order chi connectivity index (χ1) is 11.9. The van der Waals surface area contributed by atoms with Gasteiger partial charge in [-0.15, -0.1) is 0 Å². The van der Waals surface area contributed by atoms with Crippen LogP contribution < -0.4 is 10.7 Å². The van der Waals surface area contributed by atoms with Gasteiger partial charge in [0.2, 0.25) is 11.8 Å². The lowest BCUT2D eigenvalue weighted by Crippen LogP contribution is -2.20. The molecule has 0 bridgehead atoms. The second-order valence-corrected chi connectivity index (χ2v) is 6.07. The van der Waals surface area contributed by atoms with Crippen LogP contribution in [0.2, 0.25) is 0 Å². The Labute approximate surface area is 148 Å². The third kappa shape index (κ3) is 6.22. The van der Waals surface area contributed by atoms with Crippen LogP contribution in [-0.4, -0.2) is 18.0 Å². The lowest BCUT2D eigenvalue weighted by atomic mass is 10.1. The molecule has 0 radical (unpaired) electrons. The van der Waals surface area contributed by atoms with Crippen LogP contribution >= 0.6 is 0 Å². The van der Waals surface area contributed by atoms with Gasteiger partial charge in [0.1, 0.15) is 0 Å². The van der Waals surface area contributed by atoms with E-state index in [4.69, 9.17) is 0 Å². The molecule has 0 aliphatic carbocycles. The Bertz CT molecular complexity index is 797. The van der Waals surface area contributed by atoms with E-state index in [-0.39, 0.29) is 24.7 Å². The standard InChI is InChI=1S/C20H23N3O2/c1-14-5-4-6-17(12-14)13-21-23-20(25)10-9-19(24)22-18-8-7-15(2)11-16(18)3/h4-8,11-13H,9-10H2,1-3H3,(H,22,24)(H,23,25). The molecular weight excluding hydrogens is 314 g/mol. The lowest BCUT2D eigenvalue weighted by Gasteiger charge is -2.08. The number of aryl methyl sites for hydroxylation is 3. The zero-order chi connectivity index (χ0) is 18.2. The Hall–Kier alpha value is -2.95. The highest BCUT2D eigenvalue weighted by molar-refractivity contribution is 5.94. The minimum absolute atomic E-state index is 0.0852.